The van der Waals surface area contributed by atoms with Crippen LogP contribution in [-0.4, -0.2) is 18.9 Å². The molecule has 0 heterocycles. The van der Waals surface area contributed by atoms with E-state index < -0.39 is 0 Å². The van der Waals surface area contributed by atoms with Gasteiger partial charge in [-0.1, -0.05) is 37.6 Å². The summed E-state index contributed by atoms with van der Waals surface area (Å²) in [6.07, 6.45) is 0.971. The topological polar surface area (TPSA) is 29.1 Å². The summed E-state index contributed by atoms with van der Waals surface area (Å²) in [5, 5.41) is 3.94. The predicted octanol–water partition coefficient (Wildman–Crippen LogP) is 2.62. The molecule has 0 aliphatic rings. The molecule has 1 N–H and O–H groups in total. The Bertz CT molecular complexity index is 308. The van der Waals surface area contributed by atoms with Crippen molar-refractivity contribution in [2.24, 2.45) is 0 Å². The van der Waals surface area contributed by atoms with Gasteiger partial charge in [-0.2, -0.15) is 0 Å². The lowest BCUT2D eigenvalue weighted by atomic mass is 10.0. The van der Waals surface area contributed by atoms with Gasteiger partial charge in [-0.3, -0.25) is 0 Å². The van der Waals surface area contributed by atoms with E-state index in [1.807, 2.05) is 24.3 Å². The van der Waals surface area contributed by atoms with Crippen molar-refractivity contribution in [2.75, 3.05) is 6.54 Å². The molecule has 3 heteroatoms. The van der Waals surface area contributed by atoms with E-state index in [4.69, 9.17) is 11.6 Å². The van der Waals surface area contributed by atoms with Gasteiger partial charge in [0, 0.05) is 17.6 Å². The molecule has 0 saturated carbocycles. The first-order valence-corrected chi connectivity index (χ1v) is 5.45. The van der Waals surface area contributed by atoms with Crippen molar-refractivity contribution in [2.45, 2.75) is 25.8 Å². The quantitative estimate of drug-likeness (QED) is 0.781. The number of carbonyl (C=O) groups excluding carboxylic acids is 1. The fraction of sp³-hybridized carbons (Fsp3) is 0.417. The Morgan fingerprint density at radius 3 is 2.40 bits per heavy atom. The van der Waals surface area contributed by atoms with E-state index in [0.717, 1.165) is 11.8 Å². The first kappa shape index (κ1) is 12.2. The van der Waals surface area contributed by atoms with E-state index in [9.17, 15) is 4.79 Å². The molecule has 1 atom stereocenters. The monoisotopic (exact) mass is 225 g/mol. The highest BCUT2D eigenvalue weighted by Gasteiger charge is 2.10. The molecule has 1 unspecified atom stereocenters. The smallest absolute Gasteiger partial charge is 0.128 e. The number of carbonyl (C=O) groups is 1. The van der Waals surface area contributed by atoms with Crippen LogP contribution in [0.3, 0.4) is 0 Å². The second-order valence-corrected chi connectivity index (χ2v) is 4.29. The van der Waals surface area contributed by atoms with Gasteiger partial charge in [0.15, 0.2) is 0 Å². The zero-order valence-electron chi connectivity index (χ0n) is 9.03. The molecule has 0 saturated heterocycles. The van der Waals surface area contributed by atoms with Crippen molar-refractivity contribution in [3.05, 3.63) is 34.9 Å². The van der Waals surface area contributed by atoms with E-state index in [1.165, 1.54) is 0 Å². The minimum atomic E-state index is -0.0929. The summed E-state index contributed by atoms with van der Waals surface area (Å²) >= 11 is 5.78. The number of benzene rings is 1. The first-order valence-electron chi connectivity index (χ1n) is 5.07. The molecule has 1 aromatic carbocycles. The lowest BCUT2D eigenvalue weighted by molar-refractivity contribution is -0.109. The Hall–Kier alpha value is -0.860. The fourth-order valence-corrected chi connectivity index (χ4v) is 1.44. The van der Waals surface area contributed by atoms with Crippen molar-refractivity contribution >= 4 is 17.9 Å². The molecule has 0 aliphatic carbocycles. The summed E-state index contributed by atoms with van der Waals surface area (Å²) in [6, 6.07) is 7.79. The number of rotatable bonds is 5. The Kier molecular flexibility index (Phi) is 4.79. The van der Waals surface area contributed by atoms with Crippen LogP contribution in [0.25, 0.3) is 0 Å². The van der Waals surface area contributed by atoms with Crippen molar-refractivity contribution in [1.29, 1.82) is 0 Å². The van der Waals surface area contributed by atoms with Crippen LogP contribution in [0.15, 0.2) is 24.3 Å². The van der Waals surface area contributed by atoms with Crippen LogP contribution in [0, 0.1) is 0 Å². The number of nitrogens with one attached hydrogen (secondary N) is 1. The molecule has 0 radical (unpaired) electrons. The molecule has 0 amide bonds. The molecule has 0 fully saturated rings. The molecule has 2 nitrogen and oxygen atoms in total. The van der Waals surface area contributed by atoms with Crippen LogP contribution in [-0.2, 0) is 4.79 Å². The fourth-order valence-electron chi connectivity index (χ4n) is 1.32. The Morgan fingerprint density at radius 1 is 1.33 bits per heavy atom. The average Bonchev–Trinajstić information content (AvgIpc) is 2.21. The molecule has 1 aromatic rings. The zero-order valence-corrected chi connectivity index (χ0v) is 9.79. The van der Waals surface area contributed by atoms with Crippen molar-refractivity contribution in [3.63, 3.8) is 0 Å². The second kappa shape index (κ2) is 5.89. The van der Waals surface area contributed by atoms with Crippen LogP contribution in [0.2, 0.25) is 5.02 Å². The van der Waals surface area contributed by atoms with Gasteiger partial charge in [-0.05, 0) is 17.7 Å². The average molecular weight is 226 g/mol. The third-order valence-corrected chi connectivity index (χ3v) is 2.46. The SMILES string of the molecule is CC(C)NCC(C=O)c1ccc(Cl)cc1. The summed E-state index contributed by atoms with van der Waals surface area (Å²) in [5.74, 6) is -0.0929. The van der Waals surface area contributed by atoms with Gasteiger partial charge >= 0.3 is 0 Å². The van der Waals surface area contributed by atoms with Crippen molar-refractivity contribution < 1.29 is 4.79 Å². The highest BCUT2D eigenvalue weighted by atomic mass is 35.5. The van der Waals surface area contributed by atoms with E-state index in [-0.39, 0.29) is 5.92 Å². The standard InChI is InChI=1S/C12H16ClNO/c1-9(2)14-7-11(8-15)10-3-5-12(13)6-4-10/h3-6,8-9,11,14H,7H2,1-2H3. The van der Waals surface area contributed by atoms with Crippen molar-refractivity contribution in [1.82, 2.24) is 5.32 Å². The Labute approximate surface area is 95.6 Å². The molecule has 0 spiro atoms. The van der Waals surface area contributed by atoms with Gasteiger partial charge in [0.05, 0.1) is 5.92 Å². The Balaban J connectivity index is 2.65. The normalized spacial score (nSPS) is 12.8. The molecule has 1 rings (SSSR count). The lowest BCUT2D eigenvalue weighted by Gasteiger charge is -2.14. The minimum Gasteiger partial charge on any atom is -0.313 e. The molecular formula is C12H16ClNO. The number of hydrogen-bond donors (Lipinski definition) is 1. The zero-order chi connectivity index (χ0) is 11.3. The van der Waals surface area contributed by atoms with E-state index in [0.29, 0.717) is 17.6 Å². The third-order valence-electron chi connectivity index (χ3n) is 2.21. The maximum Gasteiger partial charge on any atom is 0.128 e. The molecule has 15 heavy (non-hydrogen) atoms. The molecule has 0 aliphatic heterocycles. The van der Waals surface area contributed by atoms with E-state index in [2.05, 4.69) is 19.2 Å². The summed E-state index contributed by atoms with van der Waals surface area (Å²) < 4.78 is 0. The highest BCUT2D eigenvalue weighted by Crippen LogP contribution is 2.16. The van der Waals surface area contributed by atoms with Gasteiger partial charge in [0.1, 0.15) is 6.29 Å². The largest absolute Gasteiger partial charge is 0.313 e. The summed E-state index contributed by atoms with van der Waals surface area (Å²) in [6.45, 7) is 4.79. The first-order chi connectivity index (χ1) is 7.13. The molecule has 82 valence electrons. The number of aldehydes is 1. The van der Waals surface area contributed by atoms with Crippen LogP contribution in [0.5, 0.6) is 0 Å². The summed E-state index contributed by atoms with van der Waals surface area (Å²) in [7, 11) is 0. The summed E-state index contributed by atoms with van der Waals surface area (Å²) in [4.78, 5) is 10.9. The van der Waals surface area contributed by atoms with Crippen LogP contribution in [0.1, 0.15) is 25.3 Å². The maximum atomic E-state index is 10.9. The lowest BCUT2D eigenvalue weighted by Crippen LogP contribution is -2.28. The predicted molar refractivity (Wildman–Crippen MR) is 63.4 cm³/mol. The van der Waals surface area contributed by atoms with Gasteiger partial charge < -0.3 is 10.1 Å². The van der Waals surface area contributed by atoms with Crippen LogP contribution in [0.4, 0.5) is 0 Å². The van der Waals surface area contributed by atoms with Gasteiger partial charge in [0.2, 0.25) is 0 Å². The maximum absolute atomic E-state index is 10.9. The van der Waals surface area contributed by atoms with Crippen LogP contribution < -0.4 is 5.32 Å². The third kappa shape index (κ3) is 4.02. The highest BCUT2D eigenvalue weighted by molar-refractivity contribution is 6.30. The van der Waals surface area contributed by atoms with Gasteiger partial charge in [-0.15, -0.1) is 0 Å². The molecule has 0 aromatic heterocycles. The van der Waals surface area contributed by atoms with E-state index >= 15 is 0 Å². The molecule has 0 bridgehead atoms. The number of halogens is 1. The van der Waals surface area contributed by atoms with Crippen molar-refractivity contribution in [3.8, 4) is 0 Å². The van der Waals surface area contributed by atoms with Gasteiger partial charge in [-0.25, -0.2) is 0 Å². The summed E-state index contributed by atoms with van der Waals surface area (Å²) in [5.41, 5.74) is 1.00. The van der Waals surface area contributed by atoms with Gasteiger partial charge in [0.25, 0.3) is 0 Å². The molecular weight excluding hydrogens is 210 g/mol. The van der Waals surface area contributed by atoms with Crippen LogP contribution >= 0.6 is 11.6 Å². The minimum absolute atomic E-state index is 0.0929. The number of hydrogen-bond acceptors (Lipinski definition) is 2. The second-order valence-electron chi connectivity index (χ2n) is 3.86. The Morgan fingerprint density at radius 2 is 1.93 bits per heavy atom. The van der Waals surface area contributed by atoms with E-state index in [1.54, 1.807) is 0 Å².